The molecule has 1 aromatic rings. The van der Waals surface area contributed by atoms with Crippen LogP contribution in [-0.2, 0) is 5.88 Å². The first-order valence-electron chi connectivity index (χ1n) is 6.50. The molecule has 0 unspecified atom stereocenters. The zero-order chi connectivity index (χ0) is 13.2. The first-order chi connectivity index (χ1) is 8.57. The van der Waals surface area contributed by atoms with E-state index in [0.717, 1.165) is 12.1 Å². The molecular formula is C15H20ClNO. The molecule has 1 aliphatic carbocycles. The van der Waals surface area contributed by atoms with Crippen LogP contribution in [-0.4, -0.2) is 12.5 Å². The number of hydrogen-bond acceptors (Lipinski definition) is 1. The molecule has 1 aromatic carbocycles. The predicted octanol–water partition coefficient (Wildman–Crippen LogP) is 3.59. The molecule has 98 valence electrons. The Morgan fingerprint density at radius 3 is 2.72 bits per heavy atom. The minimum absolute atomic E-state index is 0.00823. The van der Waals surface area contributed by atoms with Crippen molar-refractivity contribution in [3.05, 3.63) is 35.4 Å². The molecule has 18 heavy (non-hydrogen) atoms. The predicted molar refractivity (Wildman–Crippen MR) is 74.8 cm³/mol. The Hall–Kier alpha value is -1.02. The fraction of sp³-hybridized carbons (Fsp3) is 0.533. The van der Waals surface area contributed by atoms with Gasteiger partial charge in [-0.2, -0.15) is 0 Å². The van der Waals surface area contributed by atoms with Crippen molar-refractivity contribution in [2.24, 2.45) is 11.3 Å². The highest BCUT2D eigenvalue weighted by Gasteiger charge is 2.45. The molecule has 0 bridgehead atoms. The van der Waals surface area contributed by atoms with Crippen molar-refractivity contribution in [2.75, 3.05) is 6.54 Å². The molecule has 0 radical (unpaired) electrons. The van der Waals surface area contributed by atoms with Gasteiger partial charge in [0, 0.05) is 18.0 Å². The summed E-state index contributed by atoms with van der Waals surface area (Å²) in [5.74, 6) is 1.08. The van der Waals surface area contributed by atoms with E-state index in [1.54, 1.807) is 0 Å². The van der Waals surface area contributed by atoms with Gasteiger partial charge in [-0.3, -0.25) is 4.79 Å². The number of benzene rings is 1. The van der Waals surface area contributed by atoms with Crippen LogP contribution in [0, 0.1) is 11.3 Å². The van der Waals surface area contributed by atoms with Crippen molar-refractivity contribution in [1.82, 2.24) is 5.32 Å². The molecule has 0 atom stereocenters. The number of rotatable bonds is 5. The molecule has 2 rings (SSSR count). The van der Waals surface area contributed by atoms with E-state index in [1.165, 1.54) is 12.8 Å². The van der Waals surface area contributed by atoms with Crippen LogP contribution < -0.4 is 5.32 Å². The average molecular weight is 266 g/mol. The van der Waals surface area contributed by atoms with Crippen LogP contribution >= 0.6 is 11.6 Å². The second kappa shape index (κ2) is 5.31. The maximum Gasteiger partial charge on any atom is 0.251 e. The van der Waals surface area contributed by atoms with Crippen LogP contribution in [0.4, 0.5) is 0 Å². The topological polar surface area (TPSA) is 29.1 Å². The van der Waals surface area contributed by atoms with Crippen molar-refractivity contribution in [2.45, 2.75) is 32.6 Å². The summed E-state index contributed by atoms with van der Waals surface area (Å²) in [6, 6.07) is 7.50. The summed E-state index contributed by atoms with van der Waals surface area (Å²) in [7, 11) is 0. The molecule has 0 aromatic heterocycles. The van der Waals surface area contributed by atoms with E-state index in [-0.39, 0.29) is 5.91 Å². The molecule has 1 saturated carbocycles. The third-order valence-electron chi connectivity index (χ3n) is 4.06. The normalized spacial score (nSPS) is 16.7. The van der Waals surface area contributed by atoms with Crippen LogP contribution in [0.1, 0.15) is 42.6 Å². The fourth-order valence-corrected chi connectivity index (χ4v) is 2.44. The van der Waals surface area contributed by atoms with E-state index in [4.69, 9.17) is 11.6 Å². The summed E-state index contributed by atoms with van der Waals surface area (Å²) < 4.78 is 0. The van der Waals surface area contributed by atoms with Crippen molar-refractivity contribution in [3.63, 3.8) is 0 Å². The van der Waals surface area contributed by atoms with Crippen molar-refractivity contribution >= 4 is 17.5 Å². The van der Waals surface area contributed by atoms with Gasteiger partial charge in [-0.25, -0.2) is 0 Å². The van der Waals surface area contributed by atoms with Gasteiger partial charge < -0.3 is 5.32 Å². The molecule has 0 aliphatic heterocycles. The molecule has 3 heteroatoms. The maximum absolute atomic E-state index is 12.1. The summed E-state index contributed by atoms with van der Waals surface area (Å²) in [4.78, 5) is 12.1. The molecule has 0 heterocycles. The van der Waals surface area contributed by atoms with E-state index in [2.05, 4.69) is 19.2 Å². The van der Waals surface area contributed by atoms with Crippen molar-refractivity contribution in [1.29, 1.82) is 0 Å². The van der Waals surface area contributed by atoms with Crippen LogP contribution in [0.25, 0.3) is 0 Å². The highest BCUT2D eigenvalue weighted by molar-refractivity contribution is 6.17. The Balaban J connectivity index is 1.95. The first kappa shape index (κ1) is 13.4. The van der Waals surface area contributed by atoms with Crippen molar-refractivity contribution < 1.29 is 4.79 Å². The van der Waals surface area contributed by atoms with E-state index in [9.17, 15) is 4.79 Å². The molecule has 1 aliphatic rings. The van der Waals surface area contributed by atoms with Crippen LogP contribution in [0.3, 0.4) is 0 Å². The van der Waals surface area contributed by atoms with Crippen LogP contribution in [0.2, 0.25) is 0 Å². The van der Waals surface area contributed by atoms with Gasteiger partial charge in [0.25, 0.3) is 5.91 Å². The van der Waals surface area contributed by atoms with Gasteiger partial charge in [-0.1, -0.05) is 26.0 Å². The summed E-state index contributed by atoms with van der Waals surface area (Å²) in [6.45, 7) is 5.25. The van der Waals surface area contributed by atoms with E-state index < -0.39 is 0 Å². The zero-order valence-corrected chi connectivity index (χ0v) is 11.8. The highest BCUT2D eigenvalue weighted by Crippen LogP contribution is 2.51. The number of carbonyl (C=O) groups excluding carboxylic acids is 1. The summed E-state index contributed by atoms with van der Waals surface area (Å²) in [6.07, 6.45) is 2.46. The number of alkyl halides is 1. The molecule has 2 nitrogen and oxygen atoms in total. The fourth-order valence-electron chi connectivity index (χ4n) is 2.27. The molecular weight excluding hydrogens is 246 g/mol. The second-order valence-corrected chi connectivity index (χ2v) is 5.80. The Morgan fingerprint density at radius 1 is 1.44 bits per heavy atom. The lowest BCUT2D eigenvalue weighted by Gasteiger charge is -2.20. The average Bonchev–Trinajstić information content (AvgIpc) is 3.17. The number of carbonyl (C=O) groups is 1. The lowest BCUT2D eigenvalue weighted by atomic mass is 9.92. The van der Waals surface area contributed by atoms with Gasteiger partial charge in [0.1, 0.15) is 0 Å². The van der Waals surface area contributed by atoms with Crippen LogP contribution in [0.15, 0.2) is 24.3 Å². The van der Waals surface area contributed by atoms with E-state index >= 15 is 0 Å². The number of nitrogens with one attached hydrogen (secondary N) is 1. The van der Waals surface area contributed by atoms with E-state index in [0.29, 0.717) is 22.8 Å². The molecule has 1 N–H and O–H groups in total. The van der Waals surface area contributed by atoms with Crippen LogP contribution in [0.5, 0.6) is 0 Å². The zero-order valence-electron chi connectivity index (χ0n) is 11.0. The Kier molecular flexibility index (Phi) is 3.96. The number of hydrogen-bond donors (Lipinski definition) is 1. The lowest BCUT2D eigenvalue weighted by molar-refractivity contribution is 0.0939. The van der Waals surface area contributed by atoms with Gasteiger partial charge in [0.2, 0.25) is 0 Å². The second-order valence-electron chi connectivity index (χ2n) is 5.53. The van der Waals surface area contributed by atoms with Gasteiger partial charge in [-0.15, -0.1) is 11.6 Å². The monoisotopic (exact) mass is 265 g/mol. The summed E-state index contributed by atoms with van der Waals surface area (Å²) in [5.41, 5.74) is 2.03. The quantitative estimate of drug-likeness (QED) is 0.810. The minimum Gasteiger partial charge on any atom is -0.351 e. The minimum atomic E-state index is 0.00823. The Morgan fingerprint density at radius 2 is 2.17 bits per heavy atom. The Bertz CT molecular complexity index is 438. The molecule has 1 fully saturated rings. The smallest absolute Gasteiger partial charge is 0.251 e. The summed E-state index contributed by atoms with van der Waals surface area (Å²) in [5, 5.41) is 3.05. The largest absolute Gasteiger partial charge is 0.351 e. The van der Waals surface area contributed by atoms with Crippen molar-refractivity contribution in [3.8, 4) is 0 Å². The molecule has 1 amide bonds. The number of amides is 1. The lowest BCUT2D eigenvalue weighted by Crippen LogP contribution is -2.32. The van der Waals surface area contributed by atoms with Gasteiger partial charge in [-0.05, 0) is 41.9 Å². The standard InChI is InChI=1S/C15H20ClNO/c1-11(2)15(6-7-15)10-17-14(18)13-5-3-4-12(8-13)9-16/h3-5,8,11H,6-7,9-10H2,1-2H3,(H,17,18). The summed E-state index contributed by atoms with van der Waals surface area (Å²) >= 11 is 5.77. The molecule has 0 saturated heterocycles. The third-order valence-corrected chi connectivity index (χ3v) is 4.37. The first-order valence-corrected chi connectivity index (χ1v) is 7.04. The third kappa shape index (κ3) is 2.86. The SMILES string of the molecule is CC(C)C1(CNC(=O)c2cccc(CCl)c2)CC1. The number of halogens is 1. The highest BCUT2D eigenvalue weighted by atomic mass is 35.5. The van der Waals surface area contributed by atoms with Gasteiger partial charge >= 0.3 is 0 Å². The van der Waals surface area contributed by atoms with Gasteiger partial charge in [0.15, 0.2) is 0 Å². The van der Waals surface area contributed by atoms with E-state index in [1.807, 2.05) is 24.3 Å². The molecule has 0 spiro atoms. The maximum atomic E-state index is 12.1. The Labute approximate surface area is 114 Å². The van der Waals surface area contributed by atoms with Gasteiger partial charge in [0.05, 0.1) is 0 Å².